The molecule has 3 heterocycles. The molecule has 0 aliphatic rings. The van der Waals surface area contributed by atoms with Crippen LogP contribution in [-0.4, -0.2) is 21.0 Å². The minimum absolute atomic E-state index is 0.0460. The topological polar surface area (TPSA) is 88.2 Å². The Labute approximate surface area is 124 Å². The van der Waals surface area contributed by atoms with E-state index in [-0.39, 0.29) is 5.69 Å². The number of rotatable bonds is 5. The van der Waals surface area contributed by atoms with Crippen LogP contribution in [0.1, 0.15) is 16.2 Å². The lowest BCUT2D eigenvalue weighted by Crippen LogP contribution is -2.07. The van der Waals surface area contributed by atoms with Gasteiger partial charge in [0.05, 0.1) is 17.7 Å². The molecule has 0 aliphatic carbocycles. The Balaban J connectivity index is 1.90. The van der Waals surface area contributed by atoms with Gasteiger partial charge in [-0.15, -0.1) is 11.3 Å². The van der Waals surface area contributed by atoms with Crippen molar-refractivity contribution in [2.45, 2.75) is 6.54 Å². The molecule has 0 saturated heterocycles. The molecule has 0 saturated carbocycles. The highest BCUT2D eigenvalue weighted by molar-refractivity contribution is 7.13. The van der Waals surface area contributed by atoms with Crippen molar-refractivity contribution in [1.82, 2.24) is 9.97 Å². The second kappa shape index (κ2) is 5.76. The van der Waals surface area contributed by atoms with Crippen LogP contribution >= 0.6 is 11.3 Å². The van der Waals surface area contributed by atoms with Gasteiger partial charge in [0.1, 0.15) is 11.6 Å². The average Bonchev–Trinajstić information content (AvgIpc) is 3.18. The first kappa shape index (κ1) is 13.3. The first-order valence-electron chi connectivity index (χ1n) is 6.15. The van der Waals surface area contributed by atoms with Gasteiger partial charge < -0.3 is 14.8 Å². The summed E-state index contributed by atoms with van der Waals surface area (Å²) < 4.78 is 5.22. The quantitative estimate of drug-likeness (QED) is 0.752. The van der Waals surface area contributed by atoms with Gasteiger partial charge in [0.2, 0.25) is 0 Å². The molecular formula is C14H11N3O3S. The minimum Gasteiger partial charge on any atom is -0.477 e. The van der Waals surface area contributed by atoms with Crippen molar-refractivity contribution in [3.05, 3.63) is 53.4 Å². The van der Waals surface area contributed by atoms with Gasteiger partial charge in [0.25, 0.3) is 0 Å². The maximum Gasteiger partial charge on any atom is 0.354 e. The summed E-state index contributed by atoms with van der Waals surface area (Å²) >= 11 is 1.46. The summed E-state index contributed by atoms with van der Waals surface area (Å²) in [6, 6.07) is 8.74. The number of carboxylic acid groups (broad SMARTS) is 1. The number of nitrogens with one attached hydrogen (secondary N) is 1. The lowest BCUT2D eigenvalue weighted by atomic mass is 10.3. The Morgan fingerprint density at radius 2 is 2.24 bits per heavy atom. The number of aromatic nitrogens is 2. The molecule has 0 unspecified atom stereocenters. The van der Waals surface area contributed by atoms with E-state index in [1.165, 1.54) is 17.4 Å². The predicted molar refractivity (Wildman–Crippen MR) is 78.3 cm³/mol. The number of aromatic carboxylic acids is 1. The molecule has 0 amide bonds. The molecule has 2 N–H and O–H groups in total. The molecule has 0 aliphatic heterocycles. The third-order valence-corrected chi connectivity index (χ3v) is 3.58. The van der Waals surface area contributed by atoms with Gasteiger partial charge in [-0.2, -0.15) is 0 Å². The monoisotopic (exact) mass is 301 g/mol. The molecule has 0 spiro atoms. The zero-order valence-corrected chi connectivity index (χ0v) is 11.6. The lowest BCUT2D eigenvalue weighted by molar-refractivity contribution is 0.0690. The van der Waals surface area contributed by atoms with E-state index in [4.69, 9.17) is 9.52 Å². The van der Waals surface area contributed by atoms with Gasteiger partial charge in [0.15, 0.2) is 11.5 Å². The maximum atomic E-state index is 11.2. The van der Waals surface area contributed by atoms with Crippen LogP contribution in [0.25, 0.3) is 10.7 Å². The fourth-order valence-corrected chi connectivity index (χ4v) is 2.41. The Kier molecular flexibility index (Phi) is 3.65. The van der Waals surface area contributed by atoms with Crippen LogP contribution < -0.4 is 5.32 Å². The van der Waals surface area contributed by atoms with Gasteiger partial charge in [-0.25, -0.2) is 14.8 Å². The molecule has 0 radical (unpaired) electrons. The number of anilines is 1. The van der Waals surface area contributed by atoms with E-state index in [0.29, 0.717) is 18.2 Å². The third-order valence-electron chi connectivity index (χ3n) is 2.71. The summed E-state index contributed by atoms with van der Waals surface area (Å²) in [6.45, 7) is 0.424. The minimum atomic E-state index is -1.09. The van der Waals surface area contributed by atoms with Crippen LogP contribution in [0.15, 0.2) is 46.4 Å². The fraction of sp³-hybridized carbons (Fsp3) is 0.0714. The molecule has 3 rings (SSSR count). The molecule has 7 heteroatoms. The SMILES string of the molecule is O=C(O)c1cc(NCc2ccco2)nc(-c2cccs2)n1. The zero-order chi connectivity index (χ0) is 14.7. The normalized spacial score (nSPS) is 10.5. The van der Waals surface area contributed by atoms with Gasteiger partial charge in [-0.05, 0) is 23.6 Å². The van der Waals surface area contributed by atoms with Crippen molar-refractivity contribution in [2.24, 2.45) is 0 Å². The van der Waals surface area contributed by atoms with Crippen molar-refractivity contribution in [2.75, 3.05) is 5.32 Å². The summed E-state index contributed by atoms with van der Waals surface area (Å²) in [5, 5.41) is 14.1. The van der Waals surface area contributed by atoms with Gasteiger partial charge in [0, 0.05) is 6.07 Å². The average molecular weight is 301 g/mol. The number of carbonyl (C=O) groups is 1. The maximum absolute atomic E-state index is 11.2. The molecule has 6 nitrogen and oxygen atoms in total. The first-order valence-corrected chi connectivity index (χ1v) is 7.03. The van der Waals surface area contributed by atoms with Crippen molar-refractivity contribution in [1.29, 1.82) is 0 Å². The molecule has 0 aromatic carbocycles. The largest absolute Gasteiger partial charge is 0.477 e. The number of thiophene rings is 1. The zero-order valence-electron chi connectivity index (χ0n) is 10.8. The van der Waals surface area contributed by atoms with Crippen molar-refractivity contribution in [3.63, 3.8) is 0 Å². The van der Waals surface area contributed by atoms with Crippen LogP contribution in [0.5, 0.6) is 0 Å². The lowest BCUT2D eigenvalue weighted by Gasteiger charge is -2.06. The van der Waals surface area contributed by atoms with Crippen molar-refractivity contribution in [3.8, 4) is 10.7 Å². The number of furan rings is 1. The summed E-state index contributed by atoms with van der Waals surface area (Å²) in [7, 11) is 0. The van der Waals surface area contributed by atoms with Crippen LogP contribution in [0, 0.1) is 0 Å². The van der Waals surface area contributed by atoms with E-state index in [2.05, 4.69) is 15.3 Å². The smallest absolute Gasteiger partial charge is 0.354 e. The first-order chi connectivity index (χ1) is 10.2. The second-order valence-corrected chi connectivity index (χ2v) is 5.13. The molecule has 3 aromatic heterocycles. The Hall–Kier alpha value is -2.67. The van der Waals surface area contributed by atoms with Gasteiger partial charge >= 0.3 is 5.97 Å². The highest BCUT2D eigenvalue weighted by Crippen LogP contribution is 2.23. The molecule has 21 heavy (non-hydrogen) atoms. The van der Waals surface area contributed by atoms with E-state index in [0.717, 1.165) is 10.6 Å². The molecular weight excluding hydrogens is 290 g/mol. The molecule has 0 fully saturated rings. The fourth-order valence-electron chi connectivity index (χ4n) is 1.75. The number of nitrogens with zero attached hydrogens (tertiary/aromatic N) is 2. The highest BCUT2D eigenvalue weighted by atomic mass is 32.1. The summed E-state index contributed by atoms with van der Waals surface area (Å²) in [4.78, 5) is 20.4. The van der Waals surface area contributed by atoms with Gasteiger partial charge in [-0.1, -0.05) is 6.07 Å². The molecule has 106 valence electrons. The highest BCUT2D eigenvalue weighted by Gasteiger charge is 2.12. The van der Waals surface area contributed by atoms with Crippen LogP contribution in [0.4, 0.5) is 5.82 Å². The van der Waals surface area contributed by atoms with Gasteiger partial charge in [-0.3, -0.25) is 0 Å². The number of hydrogen-bond donors (Lipinski definition) is 2. The summed E-state index contributed by atoms with van der Waals surface area (Å²) in [5.41, 5.74) is -0.0460. The predicted octanol–water partition coefficient (Wildman–Crippen LogP) is 3.11. The van der Waals surface area contributed by atoms with E-state index in [1.807, 2.05) is 23.6 Å². The number of hydrogen-bond acceptors (Lipinski definition) is 6. The Morgan fingerprint density at radius 1 is 1.33 bits per heavy atom. The molecule has 3 aromatic rings. The standard InChI is InChI=1S/C14H11N3O3S/c18-14(19)10-7-12(15-8-9-3-1-5-20-9)17-13(16-10)11-4-2-6-21-11/h1-7H,8H2,(H,18,19)(H,15,16,17). The van der Waals surface area contributed by atoms with Crippen LogP contribution in [0.2, 0.25) is 0 Å². The summed E-state index contributed by atoms with van der Waals surface area (Å²) in [6.07, 6.45) is 1.58. The van der Waals surface area contributed by atoms with E-state index < -0.39 is 5.97 Å². The van der Waals surface area contributed by atoms with Crippen LogP contribution in [0.3, 0.4) is 0 Å². The van der Waals surface area contributed by atoms with Crippen molar-refractivity contribution < 1.29 is 14.3 Å². The Morgan fingerprint density at radius 3 is 2.90 bits per heavy atom. The van der Waals surface area contributed by atoms with Crippen molar-refractivity contribution >= 4 is 23.1 Å². The summed E-state index contributed by atoms with van der Waals surface area (Å²) in [5.74, 6) is 0.494. The van der Waals surface area contributed by atoms with E-state index >= 15 is 0 Å². The van der Waals surface area contributed by atoms with Crippen LogP contribution in [-0.2, 0) is 6.54 Å². The Bertz CT molecular complexity index is 739. The second-order valence-electron chi connectivity index (χ2n) is 4.18. The third kappa shape index (κ3) is 3.09. The van der Waals surface area contributed by atoms with E-state index in [9.17, 15) is 4.79 Å². The molecule has 0 bridgehead atoms. The number of carboxylic acids is 1. The molecule has 0 atom stereocenters. The van der Waals surface area contributed by atoms with E-state index in [1.54, 1.807) is 12.3 Å².